The maximum atomic E-state index is 13.1. The molecule has 0 aromatic heterocycles. The number of benzene rings is 1. The van der Waals surface area contributed by atoms with Gasteiger partial charge in [-0.25, -0.2) is 4.39 Å². The Hall–Kier alpha value is -0.0500. The summed E-state index contributed by atoms with van der Waals surface area (Å²) in [5, 5.41) is 0. The van der Waals surface area contributed by atoms with Gasteiger partial charge in [0.25, 0.3) is 0 Å². The highest BCUT2D eigenvalue weighted by Gasteiger charge is 2.33. The lowest BCUT2D eigenvalue weighted by Gasteiger charge is -2.14. The normalized spacial score (nSPS) is 11.7. The van der Waals surface area contributed by atoms with Gasteiger partial charge in [-0.15, -0.1) is 13.2 Å². The number of alkyl halides is 3. The molecule has 0 aliphatic rings. The topological polar surface area (TPSA) is 9.23 Å². The molecule has 0 spiro atoms. The largest absolute Gasteiger partial charge is 0.573 e. The Morgan fingerprint density at radius 2 is 1.93 bits per heavy atom. The van der Waals surface area contributed by atoms with Crippen LogP contribution >= 0.6 is 38.5 Å². The van der Waals surface area contributed by atoms with Gasteiger partial charge in [0.1, 0.15) is 11.6 Å². The van der Waals surface area contributed by atoms with Crippen molar-refractivity contribution in [2.75, 3.05) is 0 Å². The Labute approximate surface area is 105 Å². The van der Waals surface area contributed by atoms with Gasteiger partial charge in [0.15, 0.2) is 0 Å². The van der Waals surface area contributed by atoms with Crippen molar-refractivity contribution in [3.05, 3.63) is 25.5 Å². The summed E-state index contributed by atoms with van der Waals surface area (Å²) in [6.07, 6.45) is -4.78. The van der Waals surface area contributed by atoms with Crippen molar-refractivity contribution >= 4 is 38.5 Å². The Morgan fingerprint density at radius 3 is 2.40 bits per heavy atom. The lowest BCUT2D eigenvalue weighted by molar-refractivity contribution is -0.275. The summed E-state index contributed by atoms with van der Waals surface area (Å²) >= 11 is 4.46. The Balaban J connectivity index is 3.24. The predicted molar refractivity (Wildman–Crippen MR) is 58.2 cm³/mol. The first-order chi connectivity index (χ1) is 6.72. The van der Waals surface area contributed by atoms with Crippen LogP contribution in [-0.2, 0) is 0 Å². The van der Waals surface area contributed by atoms with Crippen molar-refractivity contribution in [2.24, 2.45) is 0 Å². The van der Waals surface area contributed by atoms with Crippen LogP contribution in [0.3, 0.4) is 0 Å². The minimum atomic E-state index is -4.78. The number of aryl methyl sites for hydroxylation is 1. The van der Waals surface area contributed by atoms with Crippen LogP contribution in [0.2, 0.25) is 0 Å². The van der Waals surface area contributed by atoms with Crippen molar-refractivity contribution in [2.45, 2.75) is 13.3 Å². The maximum Gasteiger partial charge on any atom is 0.573 e. The van der Waals surface area contributed by atoms with Gasteiger partial charge in [0, 0.05) is 0 Å². The molecule has 1 aromatic rings. The Morgan fingerprint density at radius 1 is 1.40 bits per heavy atom. The summed E-state index contributed by atoms with van der Waals surface area (Å²) in [6, 6.07) is 0.994. The second-order valence-corrected chi connectivity index (χ2v) is 4.55. The average Bonchev–Trinajstić information content (AvgIpc) is 2.07. The predicted octanol–water partition coefficient (Wildman–Crippen LogP) is 4.40. The molecule has 0 unspecified atom stereocenters. The van der Waals surface area contributed by atoms with E-state index in [1.807, 2.05) is 0 Å². The number of hydrogen-bond acceptors (Lipinski definition) is 1. The van der Waals surface area contributed by atoms with E-state index in [2.05, 4.69) is 20.7 Å². The van der Waals surface area contributed by atoms with Crippen LogP contribution in [0, 0.1) is 16.3 Å². The van der Waals surface area contributed by atoms with E-state index in [1.165, 1.54) is 6.92 Å². The van der Waals surface area contributed by atoms with Crippen LogP contribution in [0.4, 0.5) is 17.6 Å². The summed E-state index contributed by atoms with van der Waals surface area (Å²) < 4.78 is 52.9. The molecule has 0 bridgehead atoms. The second-order valence-electron chi connectivity index (χ2n) is 2.68. The Bertz CT molecular complexity index is 391. The lowest BCUT2D eigenvalue weighted by Crippen LogP contribution is -2.18. The van der Waals surface area contributed by atoms with E-state index in [1.54, 1.807) is 22.6 Å². The zero-order chi connectivity index (χ0) is 11.8. The molecule has 0 atom stereocenters. The summed E-state index contributed by atoms with van der Waals surface area (Å²) in [5.74, 6) is -0.997. The second kappa shape index (κ2) is 4.44. The Kier molecular flexibility index (Phi) is 3.85. The molecule has 0 amide bonds. The third kappa shape index (κ3) is 3.20. The van der Waals surface area contributed by atoms with Crippen LogP contribution in [0.25, 0.3) is 0 Å². The molecule has 0 aliphatic heterocycles. The third-order valence-corrected chi connectivity index (χ3v) is 4.07. The highest BCUT2D eigenvalue weighted by atomic mass is 127. The fraction of sp³-hybridized carbons (Fsp3) is 0.250. The molecular weight excluding hydrogens is 395 g/mol. The zero-order valence-corrected chi connectivity index (χ0v) is 11.0. The number of hydrogen-bond donors (Lipinski definition) is 0. The van der Waals surface area contributed by atoms with Gasteiger partial charge < -0.3 is 4.74 Å². The van der Waals surface area contributed by atoms with Gasteiger partial charge >= 0.3 is 6.36 Å². The molecule has 1 aromatic carbocycles. The maximum absolute atomic E-state index is 13.1. The highest BCUT2D eigenvalue weighted by Crippen LogP contribution is 2.37. The molecular formula is C8H4BrF4IO. The quantitative estimate of drug-likeness (QED) is 0.387. The smallest absolute Gasteiger partial charge is 0.404 e. The van der Waals surface area contributed by atoms with E-state index in [9.17, 15) is 17.6 Å². The van der Waals surface area contributed by atoms with E-state index in [0.717, 1.165) is 6.07 Å². The minimum absolute atomic E-state index is 0.0297. The summed E-state index contributed by atoms with van der Waals surface area (Å²) in [5.41, 5.74) is 0.0807. The number of rotatable bonds is 1. The monoisotopic (exact) mass is 398 g/mol. The molecule has 0 aliphatic carbocycles. The summed E-state index contributed by atoms with van der Waals surface area (Å²) in [6.45, 7) is 1.34. The first-order valence-electron chi connectivity index (χ1n) is 3.62. The molecule has 0 N–H and O–H groups in total. The average molecular weight is 399 g/mol. The molecule has 0 heterocycles. The van der Waals surface area contributed by atoms with E-state index < -0.39 is 17.9 Å². The molecule has 7 heteroatoms. The van der Waals surface area contributed by atoms with Gasteiger partial charge in [-0.1, -0.05) is 0 Å². The highest BCUT2D eigenvalue weighted by molar-refractivity contribution is 14.1. The van der Waals surface area contributed by atoms with E-state index in [-0.39, 0.29) is 13.6 Å². The van der Waals surface area contributed by atoms with Crippen molar-refractivity contribution < 1.29 is 22.3 Å². The van der Waals surface area contributed by atoms with Crippen molar-refractivity contribution in [3.63, 3.8) is 0 Å². The lowest BCUT2D eigenvalue weighted by atomic mass is 10.2. The number of ether oxygens (including phenoxy) is 1. The van der Waals surface area contributed by atoms with Gasteiger partial charge in [-0.3, -0.25) is 0 Å². The van der Waals surface area contributed by atoms with E-state index in [4.69, 9.17) is 0 Å². The fourth-order valence-electron chi connectivity index (χ4n) is 0.938. The molecule has 84 valence electrons. The van der Waals surface area contributed by atoms with Crippen molar-refractivity contribution in [1.29, 1.82) is 0 Å². The van der Waals surface area contributed by atoms with Gasteiger partial charge in [-0.2, -0.15) is 0 Å². The standard InChI is InChI=1S/C8H4BrF4IO/c1-3-2-4(10)6(14)5(9)7(3)15-8(11,12)13/h2H,1H3. The SMILES string of the molecule is Cc1cc(F)c(I)c(Br)c1OC(F)(F)F. The zero-order valence-electron chi connectivity index (χ0n) is 7.25. The van der Waals surface area contributed by atoms with Crippen molar-refractivity contribution in [3.8, 4) is 5.75 Å². The molecule has 0 saturated heterocycles. The van der Waals surface area contributed by atoms with Gasteiger partial charge in [0.2, 0.25) is 0 Å². The fourth-order valence-corrected chi connectivity index (χ4v) is 1.92. The first-order valence-corrected chi connectivity index (χ1v) is 5.49. The van der Waals surface area contributed by atoms with E-state index in [0.29, 0.717) is 0 Å². The van der Waals surface area contributed by atoms with Crippen LogP contribution in [0.1, 0.15) is 5.56 Å². The van der Waals surface area contributed by atoms with Crippen molar-refractivity contribution in [1.82, 2.24) is 0 Å². The van der Waals surface area contributed by atoms with E-state index >= 15 is 0 Å². The minimum Gasteiger partial charge on any atom is -0.404 e. The first kappa shape index (κ1) is 13.0. The van der Waals surface area contributed by atoms with Crippen LogP contribution in [0.15, 0.2) is 10.5 Å². The molecule has 15 heavy (non-hydrogen) atoms. The van der Waals surface area contributed by atoms with Crippen LogP contribution in [0.5, 0.6) is 5.75 Å². The van der Waals surface area contributed by atoms with Gasteiger partial charge in [0.05, 0.1) is 8.04 Å². The third-order valence-electron chi connectivity index (χ3n) is 1.52. The molecule has 1 nitrogen and oxygen atoms in total. The molecule has 0 fully saturated rings. The molecule has 0 saturated carbocycles. The summed E-state index contributed by atoms with van der Waals surface area (Å²) in [4.78, 5) is 0. The van der Waals surface area contributed by atoms with Crippen LogP contribution < -0.4 is 4.74 Å². The van der Waals surface area contributed by atoms with Crippen LogP contribution in [-0.4, -0.2) is 6.36 Å². The molecule has 0 radical (unpaired) electrons. The number of halogens is 6. The molecule has 1 rings (SSSR count). The van der Waals surface area contributed by atoms with Gasteiger partial charge in [-0.05, 0) is 57.1 Å². The summed E-state index contributed by atoms with van der Waals surface area (Å²) in [7, 11) is 0.